The number of aryl methyl sites for hydroxylation is 2. The third-order valence-electron chi connectivity index (χ3n) is 3.23. The minimum Gasteiger partial charge on any atom is -0.493 e. The van der Waals surface area contributed by atoms with Crippen molar-refractivity contribution >= 4 is 27.3 Å². The summed E-state index contributed by atoms with van der Waals surface area (Å²) in [4.78, 5) is 3.09. The Morgan fingerprint density at radius 3 is 2.35 bits per heavy atom. The van der Waals surface area contributed by atoms with Gasteiger partial charge < -0.3 is 9.47 Å². The summed E-state index contributed by atoms with van der Waals surface area (Å²) >= 11 is 5.66. The van der Waals surface area contributed by atoms with E-state index in [0.29, 0.717) is 4.83 Å². The Labute approximate surface area is 132 Å². The monoisotopic (exact) mass is 354 g/mol. The molecular weight excluding hydrogens is 336 g/mol. The highest BCUT2D eigenvalue weighted by molar-refractivity contribution is 9.09. The molecular formula is C16H19BrO2S. The smallest absolute Gasteiger partial charge is 0.160 e. The first-order valence-corrected chi connectivity index (χ1v) is 8.20. The first-order chi connectivity index (χ1) is 9.55. The first kappa shape index (κ1) is 15.4. The summed E-state index contributed by atoms with van der Waals surface area (Å²) in [6.07, 6.45) is 0.932. The van der Waals surface area contributed by atoms with Crippen molar-refractivity contribution in [1.29, 1.82) is 0 Å². The SMILES string of the molecule is COc1ccc(CC(Br)c2sc(C)cc2C)cc1OC. The van der Waals surface area contributed by atoms with Gasteiger partial charge in [0.15, 0.2) is 11.5 Å². The number of benzene rings is 1. The number of halogens is 1. The molecule has 1 aromatic heterocycles. The second kappa shape index (κ2) is 6.64. The molecule has 1 atom stereocenters. The fraction of sp³-hybridized carbons (Fsp3) is 0.375. The Bertz CT molecular complexity index is 592. The maximum Gasteiger partial charge on any atom is 0.160 e. The molecule has 2 nitrogen and oxygen atoms in total. The minimum absolute atomic E-state index is 0.333. The molecule has 0 amide bonds. The Morgan fingerprint density at radius 2 is 1.80 bits per heavy atom. The lowest BCUT2D eigenvalue weighted by Gasteiger charge is -2.12. The first-order valence-electron chi connectivity index (χ1n) is 6.47. The highest BCUT2D eigenvalue weighted by Gasteiger charge is 2.15. The van der Waals surface area contributed by atoms with Crippen LogP contribution >= 0.6 is 27.3 Å². The number of methoxy groups -OCH3 is 2. The van der Waals surface area contributed by atoms with Crippen molar-refractivity contribution in [3.05, 3.63) is 45.1 Å². The highest BCUT2D eigenvalue weighted by atomic mass is 79.9. The van der Waals surface area contributed by atoms with Gasteiger partial charge in [-0.1, -0.05) is 22.0 Å². The van der Waals surface area contributed by atoms with E-state index in [1.54, 1.807) is 14.2 Å². The molecule has 2 rings (SSSR count). The average Bonchev–Trinajstić information content (AvgIpc) is 2.77. The van der Waals surface area contributed by atoms with Crippen LogP contribution in [0.4, 0.5) is 0 Å². The van der Waals surface area contributed by atoms with Gasteiger partial charge in [0.25, 0.3) is 0 Å². The van der Waals surface area contributed by atoms with E-state index in [9.17, 15) is 0 Å². The van der Waals surface area contributed by atoms with E-state index in [-0.39, 0.29) is 0 Å². The van der Waals surface area contributed by atoms with Crippen molar-refractivity contribution in [2.75, 3.05) is 14.2 Å². The van der Waals surface area contributed by atoms with Gasteiger partial charge in [-0.3, -0.25) is 0 Å². The number of alkyl halides is 1. The molecule has 0 spiro atoms. The number of thiophene rings is 1. The Hall–Kier alpha value is -1.00. The van der Waals surface area contributed by atoms with E-state index in [4.69, 9.17) is 9.47 Å². The molecule has 0 saturated carbocycles. The minimum atomic E-state index is 0.333. The van der Waals surface area contributed by atoms with Gasteiger partial charge >= 0.3 is 0 Å². The second-order valence-electron chi connectivity index (χ2n) is 4.77. The van der Waals surface area contributed by atoms with Crippen LogP contribution < -0.4 is 9.47 Å². The summed E-state index contributed by atoms with van der Waals surface area (Å²) in [5, 5.41) is 0. The lowest BCUT2D eigenvalue weighted by Crippen LogP contribution is -1.97. The van der Waals surface area contributed by atoms with Crippen molar-refractivity contribution in [1.82, 2.24) is 0 Å². The summed E-state index contributed by atoms with van der Waals surface area (Å²) in [5.41, 5.74) is 2.59. The summed E-state index contributed by atoms with van der Waals surface area (Å²) in [6, 6.07) is 8.33. The lowest BCUT2D eigenvalue weighted by molar-refractivity contribution is 0.354. The van der Waals surface area contributed by atoms with Crippen LogP contribution in [0, 0.1) is 13.8 Å². The normalized spacial score (nSPS) is 12.2. The number of rotatable bonds is 5. The van der Waals surface area contributed by atoms with Crippen LogP contribution in [0.3, 0.4) is 0 Å². The molecule has 1 heterocycles. The fourth-order valence-corrected chi connectivity index (χ4v) is 4.31. The van der Waals surface area contributed by atoms with Crippen molar-refractivity contribution in [3.63, 3.8) is 0 Å². The second-order valence-corrected chi connectivity index (χ2v) is 7.16. The number of hydrogen-bond donors (Lipinski definition) is 0. The molecule has 0 aliphatic carbocycles. The maximum atomic E-state index is 5.35. The van der Waals surface area contributed by atoms with Gasteiger partial charge in [0.1, 0.15) is 0 Å². The van der Waals surface area contributed by atoms with E-state index in [0.717, 1.165) is 17.9 Å². The van der Waals surface area contributed by atoms with Crippen LogP contribution in [0.2, 0.25) is 0 Å². The molecule has 108 valence electrons. The van der Waals surface area contributed by atoms with E-state index >= 15 is 0 Å². The van der Waals surface area contributed by atoms with E-state index in [1.807, 2.05) is 23.5 Å². The van der Waals surface area contributed by atoms with Crippen LogP contribution in [0.15, 0.2) is 24.3 Å². The zero-order valence-corrected chi connectivity index (χ0v) is 14.6. The van der Waals surface area contributed by atoms with Crippen LogP contribution in [-0.2, 0) is 6.42 Å². The molecule has 4 heteroatoms. The van der Waals surface area contributed by atoms with Gasteiger partial charge in [-0.15, -0.1) is 11.3 Å². The summed E-state index contributed by atoms with van der Waals surface area (Å²) in [7, 11) is 3.32. The lowest BCUT2D eigenvalue weighted by atomic mass is 10.1. The van der Waals surface area contributed by atoms with Crippen LogP contribution in [0.5, 0.6) is 11.5 Å². The van der Waals surface area contributed by atoms with E-state index in [2.05, 4.69) is 41.9 Å². The zero-order valence-electron chi connectivity index (χ0n) is 12.2. The molecule has 0 radical (unpaired) electrons. The Kier molecular flexibility index (Phi) is 5.11. The van der Waals surface area contributed by atoms with Gasteiger partial charge in [-0.05, 0) is 49.6 Å². The molecule has 1 aromatic carbocycles. The van der Waals surface area contributed by atoms with Crippen molar-refractivity contribution < 1.29 is 9.47 Å². The zero-order chi connectivity index (χ0) is 14.7. The molecule has 0 bridgehead atoms. The van der Waals surface area contributed by atoms with Gasteiger partial charge in [-0.25, -0.2) is 0 Å². The topological polar surface area (TPSA) is 18.5 Å². The third kappa shape index (κ3) is 3.36. The average molecular weight is 355 g/mol. The summed E-state index contributed by atoms with van der Waals surface area (Å²) in [6.45, 7) is 4.32. The summed E-state index contributed by atoms with van der Waals surface area (Å²) in [5.74, 6) is 1.55. The van der Waals surface area contributed by atoms with Gasteiger partial charge in [0, 0.05) is 9.75 Å². The predicted molar refractivity (Wildman–Crippen MR) is 88.7 cm³/mol. The largest absolute Gasteiger partial charge is 0.493 e. The van der Waals surface area contributed by atoms with Crippen molar-refractivity contribution in [2.24, 2.45) is 0 Å². The molecule has 20 heavy (non-hydrogen) atoms. The van der Waals surface area contributed by atoms with Gasteiger partial charge in [0.05, 0.1) is 19.0 Å². The quantitative estimate of drug-likeness (QED) is 0.698. The molecule has 0 saturated heterocycles. The fourth-order valence-electron chi connectivity index (χ4n) is 2.28. The van der Waals surface area contributed by atoms with Crippen molar-refractivity contribution in [2.45, 2.75) is 25.1 Å². The third-order valence-corrected chi connectivity index (χ3v) is 5.58. The van der Waals surface area contributed by atoms with Gasteiger partial charge in [-0.2, -0.15) is 0 Å². The van der Waals surface area contributed by atoms with E-state index in [1.165, 1.54) is 20.9 Å². The van der Waals surface area contributed by atoms with Crippen molar-refractivity contribution in [3.8, 4) is 11.5 Å². The number of ether oxygens (including phenoxy) is 2. The molecule has 1 unspecified atom stereocenters. The molecule has 0 fully saturated rings. The van der Waals surface area contributed by atoms with E-state index < -0.39 is 0 Å². The number of hydrogen-bond acceptors (Lipinski definition) is 3. The molecule has 0 aliphatic rings. The summed E-state index contributed by atoms with van der Waals surface area (Å²) < 4.78 is 10.6. The molecule has 0 N–H and O–H groups in total. The van der Waals surface area contributed by atoms with Crippen LogP contribution in [-0.4, -0.2) is 14.2 Å². The Morgan fingerprint density at radius 1 is 1.10 bits per heavy atom. The van der Waals surface area contributed by atoms with Crippen LogP contribution in [0.1, 0.15) is 25.7 Å². The molecule has 2 aromatic rings. The Balaban J connectivity index is 2.19. The highest BCUT2D eigenvalue weighted by Crippen LogP contribution is 2.37. The maximum absolute atomic E-state index is 5.35. The standard InChI is InChI=1S/C16H19BrO2S/c1-10-7-11(2)20-16(10)13(17)8-12-5-6-14(18-3)15(9-12)19-4/h5-7,9,13H,8H2,1-4H3. The van der Waals surface area contributed by atoms with Gasteiger partial charge in [0.2, 0.25) is 0 Å². The predicted octanol–water partition coefficient (Wildman–Crippen LogP) is 5.06. The van der Waals surface area contributed by atoms with Crippen LogP contribution in [0.25, 0.3) is 0 Å². The molecule has 0 aliphatic heterocycles.